The summed E-state index contributed by atoms with van der Waals surface area (Å²) < 4.78 is 0. The molecule has 10 aromatic carbocycles. The maximum absolute atomic E-state index is 2.59. The van der Waals surface area contributed by atoms with Crippen LogP contribution >= 0.6 is 0 Å². The summed E-state index contributed by atoms with van der Waals surface area (Å²) in [6.07, 6.45) is 0. The Labute approximate surface area is 379 Å². The van der Waals surface area contributed by atoms with Crippen molar-refractivity contribution in [2.24, 2.45) is 0 Å². The van der Waals surface area contributed by atoms with Gasteiger partial charge in [0.15, 0.2) is 0 Å². The molecule has 0 saturated carbocycles. The van der Waals surface area contributed by atoms with E-state index in [1.54, 1.807) is 0 Å². The van der Waals surface area contributed by atoms with Gasteiger partial charge in [-0.2, -0.15) is 0 Å². The van der Waals surface area contributed by atoms with E-state index < -0.39 is 5.41 Å². The number of anilines is 9. The second-order valence-corrected chi connectivity index (χ2v) is 17.6. The summed E-state index contributed by atoms with van der Waals surface area (Å²) >= 11 is 0. The van der Waals surface area contributed by atoms with E-state index in [2.05, 4.69) is 257 Å². The van der Waals surface area contributed by atoms with E-state index >= 15 is 0 Å². The molecule has 0 aromatic heterocycles. The first-order valence-corrected chi connectivity index (χ1v) is 22.6. The van der Waals surface area contributed by atoms with Gasteiger partial charge in [-0.05, 0) is 146 Å². The van der Waals surface area contributed by atoms with Gasteiger partial charge in [0.05, 0.1) is 5.41 Å². The fraction of sp³-hybridized carbons (Fsp3) is 0.0164. The Kier molecular flexibility index (Phi) is 7.70. The molecule has 302 valence electrons. The SMILES string of the molecule is c1ccc(N(c2ccccc2)c2ccc3c(c2)C2(c4ccccc4-3)c3ccccc3-c3cc4c(cc32)N(c2ccccc2)c2cccc3c2B4c2ccccc2N3c2ccccc2)cc1. The lowest BCUT2D eigenvalue weighted by molar-refractivity contribution is 0.793. The molecule has 4 heteroatoms. The summed E-state index contributed by atoms with van der Waals surface area (Å²) in [5, 5.41) is 0. The van der Waals surface area contributed by atoms with Gasteiger partial charge in [-0.25, -0.2) is 0 Å². The fourth-order valence-corrected chi connectivity index (χ4v) is 12.0. The Morgan fingerprint density at radius 2 is 0.785 bits per heavy atom. The molecule has 0 saturated heterocycles. The van der Waals surface area contributed by atoms with Crippen molar-refractivity contribution in [3.05, 3.63) is 265 Å². The number of hydrogen-bond donors (Lipinski definition) is 0. The van der Waals surface area contributed by atoms with Crippen LogP contribution in [-0.2, 0) is 5.41 Å². The van der Waals surface area contributed by atoms with Crippen LogP contribution in [0.15, 0.2) is 243 Å². The Balaban J connectivity index is 1.07. The van der Waals surface area contributed by atoms with Gasteiger partial charge in [0.1, 0.15) is 0 Å². The molecular weight excluding hydrogens is 786 g/mol. The number of hydrogen-bond acceptors (Lipinski definition) is 3. The molecule has 0 N–H and O–H groups in total. The number of nitrogens with zero attached hydrogens (tertiary/aromatic N) is 3. The van der Waals surface area contributed by atoms with E-state index in [9.17, 15) is 0 Å². The largest absolute Gasteiger partial charge is 0.311 e. The van der Waals surface area contributed by atoms with Gasteiger partial charge in [0.2, 0.25) is 0 Å². The first kappa shape index (κ1) is 36.2. The van der Waals surface area contributed by atoms with E-state index in [0.717, 1.165) is 28.4 Å². The summed E-state index contributed by atoms with van der Waals surface area (Å²) in [4.78, 5) is 7.41. The van der Waals surface area contributed by atoms with Gasteiger partial charge in [-0.3, -0.25) is 0 Å². The molecule has 0 bridgehead atoms. The van der Waals surface area contributed by atoms with E-state index in [1.807, 2.05) is 0 Å². The van der Waals surface area contributed by atoms with Crippen molar-refractivity contribution in [1.29, 1.82) is 0 Å². The average Bonchev–Trinajstić information content (AvgIpc) is 3.83. The Morgan fingerprint density at radius 3 is 1.42 bits per heavy atom. The summed E-state index contributed by atoms with van der Waals surface area (Å²) in [6.45, 7) is 0.0152. The third-order valence-corrected chi connectivity index (χ3v) is 14.4. The number of rotatable bonds is 5. The lowest BCUT2D eigenvalue weighted by Gasteiger charge is -2.44. The van der Waals surface area contributed by atoms with Gasteiger partial charge < -0.3 is 14.7 Å². The quantitative estimate of drug-likeness (QED) is 0.160. The molecule has 1 unspecified atom stereocenters. The zero-order valence-corrected chi connectivity index (χ0v) is 35.5. The number of para-hydroxylation sites is 5. The maximum Gasteiger partial charge on any atom is 0.252 e. The van der Waals surface area contributed by atoms with Crippen molar-refractivity contribution in [2.45, 2.75) is 5.41 Å². The lowest BCUT2D eigenvalue weighted by atomic mass is 9.33. The molecule has 2 heterocycles. The molecule has 1 atom stereocenters. The normalized spacial score (nSPS) is 15.4. The number of fused-ring (bicyclic) bond motifs is 14. The summed E-state index contributed by atoms with van der Waals surface area (Å²) in [5.74, 6) is 0. The third kappa shape index (κ3) is 4.97. The zero-order valence-electron chi connectivity index (χ0n) is 35.5. The molecule has 0 radical (unpaired) electrons. The van der Waals surface area contributed by atoms with E-state index in [4.69, 9.17) is 0 Å². The van der Waals surface area contributed by atoms with E-state index in [-0.39, 0.29) is 6.71 Å². The van der Waals surface area contributed by atoms with Gasteiger partial charge >= 0.3 is 0 Å². The van der Waals surface area contributed by atoms with Crippen LogP contribution in [0.4, 0.5) is 51.2 Å². The van der Waals surface area contributed by atoms with Crippen LogP contribution in [0.2, 0.25) is 0 Å². The minimum absolute atomic E-state index is 0.0152. The Hall–Kier alpha value is -8.34. The van der Waals surface area contributed by atoms with Gasteiger partial charge in [-0.15, -0.1) is 0 Å². The highest BCUT2D eigenvalue weighted by atomic mass is 15.2. The van der Waals surface area contributed by atoms with Crippen LogP contribution in [0.3, 0.4) is 0 Å². The molecule has 4 aliphatic rings. The van der Waals surface area contributed by atoms with Crippen molar-refractivity contribution >= 4 is 74.3 Å². The highest BCUT2D eigenvalue weighted by Gasteiger charge is 2.53. The molecule has 1 spiro atoms. The third-order valence-electron chi connectivity index (χ3n) is 14.4. The van der Waals surface area contributed by atoms with Crippen LogP contribution in [0, 0.1) is 0 Å². The van der Waals surface area contributed by atoms with E-state index in [1.165, 1.54) is 83.6 Å². The van der Waals surface area contributed by atoms with Crippen molar-refractivity contribution in [1.82, 2.24) is 0 Å². The molecule has 0 amide bonds. The summed E-state index contributed by atoms with van der Waals surface area (Å²) in [6, 6.07) is 90.1. The molecule has 0 fully saturated rings. The predicted molar refractivity (Wildman–Crippen MR) is 271 cm³/mol. The molecule has 65 heavy (non-hydrogen) atoms. The van der Waals surface area contributed by atoms with Crippen LogP contribution in [0.1, 0.15) is 22.3 Å². The molecule has 10 aromatic rings. The highest BCUT2D eigenvalue weighted by molar-refractivity contribution is 7.00. The fourth-order valence-electron chi connectivity index (χ4n) is 12.0. The molecular formula is C61H40BN3. The lowest BCUT2D eigenvalue weighted by Crippen LogP contribution is -2.61. The second-order valence-electron chi connectivity index (χ2n) is 17.6. The number of benzene rings is 10. The smallest absolute Gasteiger partial charge is 0.252 e. The van der Waals surface area contributed by atoms with Crippen molar-refractivity contribution in [3.63, 3.8) is 0 Å². The molecule has 2 aliphatic heterocycles. The monoisotopic (exact) mass is 825 g/mol. The minimum atomic E-state index is -0.568. The predicted octanol–water partition coefficient (Wildman–Crippen LogP) is 13.6. The van der Waals surface area contributed by atoms with Crippen LogP contribution in [0.5, 0.6) is 0 Å². The average molecular weight is 826 g/mol. The van der Waals surface area contributed by atoms with Crippen molar-refractivity contribution < 1.29 is 0 Å². The standard InChI is InChI=1S/C61H40BN3/c1-5-20-41(21-6-1)63(42-22-7-2-8-23-42)45-36-37-48-46-28-13-15-30-50(46)61(52(48)38-45)51-31-16-14-29-47(51)49-39-55-59(40-53(49)61)65(44-26-11-4-12-27-44)58-35-19-34-57-60(58)62(55)54-32-17-18-33-56(54)64(57)43-24-9-3-10-25-43/h1-40H. The Bertz CT molecular complexity index is 3480. The maximum atomic E-state index is 2.59. The minimum Gasteiger partial charge on any atom is -0.311 e. The van der Waals surface area contributed by atoms with Crippen LogP contribution < -0.4 is 31.1 Å². The summed E-state index contributed by atoms with van der Waals surface area (Å²) in [5.41, 5.74) is 24.4. The van der Waals surface area contributed by atoms with Crippen molar-refractivity contribution in [3.8, 4) is 22.3 Å². The molecule has 3 nitrogen and oxygen atoms in total. The van der Waals surface area contributed by atoms with Crippen molar-refractivity contribution in [2.75, 3.05) is 14.7 Å². The highest BCUT2D eigenvalue weighted by Crippen LogP contribution is 2.64. The first-order chi connectivity index (χ1) is 32.3. The summed E-state index contributed by atoms with van der Waals surface area (Å²) in [7, 11) is 0. The molecule has 2 aliphatic carbocycles. The van der Waals surface area contributed by atoms with Gasteiger partial charge in [0.25, 0.3) is 6.71 Å². The zero-order chi connectivity index (χ0) is 42.6. The second kappa shape index (κ2) is 13.8. The topological polar surface area (TPSA) is 9.72 Å². The van der Waals surface area contributed by atoms with E-state index in [0.29, 0.717) is 0 Å². The van der Waals surface area contributed by atoms with Gasteiger partial charge in [-0.1, -0.05) is 158 Å². The molecule has 14 rings (SSSR count). The van der Waals surface area contributed by atoms with Gasteiger partial charge in [0, 0.05) is 51.2 Å². The Morgan fingerprint density at radius 1 is 0.308 bits per heavy atom. The first-order valence-electron chi connectivity index (χ1n) is 22.6. The van der Waals surface area contributed by atoms with Crippen LogP contribution in [-0.4, -0.2) is 6.71 Å². The van der Waals surface area contributed by atoms with Crippen LogP contribution in [0.25, 0.3) is 22.3 Å².